The highest BCUT2D eigenvalue weighted by Crippen LogP contribution is 2.31. The molecular weight excluding hydrogens is 195 g/mol. The predicted octanol–water partition coefficient (Wildman–Crippen LogP) is 3.18. The van der Waals surface area contributed by atoms with Crippen molar-refractivity contribution in [1.29, 1.82) is 0 Å². The minimum absolute atomic E-state index is 0.521. The molecule has 0 radical (unpaired) electrons. The molecule has 12 heavy (non-hydrogen) atoms. The van der Waals surface area contributed by atoms with Crippen molar-refractivity contribution in [3.8, 4) is 0 Å². The lowest BCUT2D eigenvalue weighted by Gasteiger charge is -2.00. The molecule has 0 spiro atoms. The Bertz CT molecular complexity index is 434. The summed E-state index contributed by atoms with van der Waals surface area (Å²) >= 11 is 11.9. The molecular formula is C8H6Cl2N2. The van der Waals surface area contributed by atoms with E-state index in [1.165, 1.54) is 0 Å². The molecule has 0 saturated heterocycles. The Morgan fingerprint density at radius 3 is 2.83 bits per heavy atom. The van der Waals surface area contributed by atoms with Crippen molar-refractivity contribution in [3.05, 3.63) is 28.0 Å². The van der Waals surface area contributed by atoms with Crippen LogP contribution >= 0.6 is 23.2 Å². The number of nitrogens with one attached hydrogen (secondary N) is 1. The number of aromatic nitrogens is 2. The summed E-state index contributed by atoms with van der Waals surface area (Å²) in [5.41, 5.74) is 2.60. The lowest BCUT2D eigenvalue weighted by Crippen LogP contribution is -1.79. The maximum atomic E-state index is 5.96. The topological polar surface area (TPSA) is 28.7 Å². The molecule has 62 valence electrons. The van der Waals surface area contributed by atoms with Crippen LogP contribution in [-0.4, -0.2) is 9.97 Å². The summed E-state index contributed by atoms with van der Waals surface area (Å²) in [6, 6.07) is 1.93. The maximum absolute atomic E-state index is 5.96. The van der Waals surface area contributed by atoms with E-state index in [1.54, 1.807) is 6.33 Å². The third-order valence-electron chi connectivity index (χ3n) is 1.78. The van der Waals surface area contributed by atoms with Crippen LogP contribution in [0.3, 0.4) is 0 Å². The van der Waals surface area contributed by atoms with Crippen molar-refractivity contribution >= 4 is 34.2 Å². The van der Waals surface area contributed by atoms with Gasteiger partial charge in [0.05, 0.1) is 21.9 Å². The molecule has 0 saturated carbocycles. The van der Waals surface area contributed by atoms with E-state index in [-0.39, 0.29) is 0 Å². The van der Waals surface area contributed by atoms with E-state index < -0.39 is 0 Å². The van der Waals surface area contributed by atoms with Crippen molar-refractivity contribution in [2.75, 3.05) is 0 Å². The van der Waals surface area contributed by atoms with E-state index in [1.807, 2.05) is 13.0 Å². The first kappa shape index (κ1) is 7.90. The zero-order valence-corrected chi connectivity index (χ0v) is 7.87. The SMILES string of the molecule is Cc1cc2[nH]cnc2c(Cl)c1Cl. The van der Waals surface area contributed by atoms with Gasteiger partial charge >= 0.3 is 0 Å². The fourth-order valence-electron chi connectivity index (χ4n) is 1.15. The van der Waals surface area contributed by atoms with Gasteiger partial charge in [-0.25, -0.2) is 4.98 Å². The lowest BCUT2D eigenvalue weighted by molar-refractivity contribution is 1.34. The molecule has 0 aliphatic carbocycles. The van der Waals surface area contributed by atoms with Gasteiger partial charge in [-0.1, -0.05) is 23.2 Å². The van der Waals surface area contributed by atoms with Crippen molar-refractivity contribution in [1.82, 2.24) is 9.97 Å². The van der Waals surface area contributed by atoms with E-state index >= 15 is 0 Å². The van der Waals surface area contributed by atoms with Crippen molar-refractivity contribution < 1.29 is 0 Å². The number of hydrogen-bond acceptors (Lipinski definition) is 1. The highest BCUT2D eigenvalue weighted by atomic mass is 35.5. The summed E-state index contributed by atoms with van der Waals surface area (Å²) in [6.45, 7) is 1.91. The summed E-state index contributed by atoms with van der Waals surface area (Å²) in [4.78, 5) is 7.02. The number of aryl methyl sites for hydroxylation is 1. The molecule has 0 unspecified atom stereocenters. The number of halogens is 2. The van der Waals surface area contributed by atoms with E-state index in [4.69, 9.17) is 23.2 Å². The molecule has 2 rings (SSSR count). The monoisotopic (exact) mass is 200 g/mol. The van der Waals surface area contributed by atoms with Gasteiger partial charge in [-0.3, -0.25) is 0 Å². The molecule has 1 aromatic heterocycles. The lowest BCUT2D eigenvalue weighted by atomic mass is 10.2. The molecule has 0 amide bonds. The van der Waals surface area contributed by atoms with E-state index in [2.05, 4.69) is 9.97 Å². The van der Waals surface area contributed by atoms with Gasteiger partial charge in [0.25, 0.3) is 0 Å². The molecule has 2 aromatic rings. The van der Waals surface area contributed by atoms with Crippen LogP contribution in [-0.2, 0) is 0 Å². The average Bonchev–Trinajstić information content (AvgIpc) is 2.48. The number of fused-ring (bicyclic) bond motifs is 1. The third kappa shape index (κ3) is 0.993. The number of rotatable bonds is 0. The van der Waals surface area contributed by atoms with Crippen LogP contribution in [0.25, 0.3) is 11.0 Å². The Balaban J connectivity index is 2.94. The number of hydrogen-bond donors (Lipinski definition) is 1. The fraction of sp³-hybridized carbons (Fsp3) is 0.125. The van der Waals surface area contributed by atoms with Crippen LogP contribution in [0.5, 0.6) is 0 Å². The summed E-state index contributed by atoms with van der Waals surface area (Å²) in [5, 5.41) is 1.10. The largest absolute Gasteiger partial charge is 0.345 e. The van der Waals surface area contributed by atoms with Gasteiger partial charge in [-0.05, 0) is 18.6 Å². The first-order valence-corrected chi connectivity index (χ1v) is 4.23. The second kappa shape index (κ2) is 2.64. The van der Waals surface area contributed by atoms with Crippen molar-refractivity contribution in [3.63, 3.8) is 0 Å². The van der Waals surface area contributed by atoms with Crippen LogP contribution in [0, 0.1) is 6.92 Å². The molecule has 0 atom stereocenters. The number of imidazole rings is 1. The van der Waals surface area contributed by atoms with Crippen LogP contribution in [0.4, 0.5) is 0 Å². The Morgan fingerprint density at radius 2 is 2.08 bits per heavy atom. The van der Waals surface area contributed by atoms with E-state index in [9.17, 15) is 0 Å². The third-order valence-corrected chi connectivity index (χ3v) is 2.73. The minimum Gasteiger partial charge on any atom is -0.345 e. The number of aromatic amines is 1. The van der Waals surface area contributed by atoms with Crippen LogP contribution in [0.2, 0.25) is 10.0 Å². The zero-order chi connectivity index (χ0) is 8.72. The maximum Gasteiger partial charge on any atom is 0.108 e. The average molecular weight is 201 g/mol. The summed E-state index contributed by atoms with van der Waals surface area (Å²) in [6.07, 6.45) is 1.60. The fourth-order valence-corrected chi connectivity index (χ4v) is 1.59. The van der Waals surface area contributed by atoms with Gasteiger partial charge < -0.3 is 4.98 Å². The number of H-pyrrole nitrogens is 1. The van der Waals surface area contributed by atoms with Gasteiger partial charge in [0, 0.05) is 0 Å². The highest BCUT2D eigenvalue weighted by molar-refractivity contribution is 6.45. The van der Waals surface area contributed by atoms with Gasteiger partial charge in [0.1, 0.15) is 5.52 Å². The Labute approximate surface area is 79.5 Å². The Hall–Kier alpha value is -0.730. The van der Waals surface area contributed by atoms with E-state index in [0.717, 1.165) is 16.6 Å². The Morgan fingerprint density at radius 1 is 1.33 bits per heavy atom. The summed E-state index contributed by atoms with van der Waals surface area (Å²) in [7, 11) is 0. The molecule has 0 bridgehead atoms. The molecule has 2 nitrogen and oxygen atoms in total. The Kier molecular flexibility index (Phi) is 1.74. The van der Waals surface area contributed by atoms with Crippen molar-refractivity contribution in [2.45, 2.75) is 6.92 Å². The smallest absolute Gasteiger partial charge is 0.108 e. The summed E-state index contributed by atoms with van der Waals surface area (Å²) < 4.78 is 0. The van der Waals surface area contributed by atoms with Gasteiger partial charge in [0.15, 0.2) is 0 Å². The molecule has 1 heterocycles. The quantitative estimate of drug-likeness (QED) is 0.696. The van der Waals surface area contributed by atoms with Gasteiger partial charge in [-0.2, -0.15) is 0 Å². The van der Waals surface area contributed by atoms with Gasteiger partial charge in [-0.15, -0.1) is 0 Å². The van der Waals surface area contributed by atoms with Gasteiger partial charge in [0.2, 0.25) is 0 Å². The molecule has 0 aliphatic heterocycles. The second-order valence-corrected chi connectivity index (χ2v) is 3.38. The van der Waals surface area contributed by atoms with E-state index in [0.29, 0.717) is 10.0 Å². The first-order valence-electron chi connectivity index (χ1n) is 3.48. The first-order chi connectivity index (χ1) is 5.70. The highest BCUT2D eigenvalue weighted by Gasteiger charge is 2.08. The molecule has 4 heteroatoms. The number of nitrogens with zero attached hydrogens (tertiary/aromatic N) is 1. The van der Waals surface area contributed by atoms with Crippen LogP contribution in [0.15, 0.2) is 12.4 Å². The normalized spacial score (nSPS) is 10.9. The zero-order valence-electron chi connectivity index (χ0n) is 6.36. The van der Waals surface area contributed by atoms with Crippen LogP contribution < -0.4 is 0 Å². The predicted molar refractivity (Wildman–Crippen MR) is 50.9 cm³/mol. The molecule has 1 aromatic carbocycles. The second-order valence-electron chi connectivity index (χ2n) is 2.62. The standard InChI is InChI=1S/C8H6Cl2N2/c1-4-2-5-8(12-3-11-5)7(10)6(4)9/h2-3H,1H3,(H,11,12). The molecule has 0 aliphatic rings. The number of benzene rings is 1. The van der Waals surface area contributed by atoms with Crippen molar-refractivity contribution in [2.24, 2.45) is 0 Å². The minimum atomic E-state index is 0.521. The molecule has 0 fully saturated rings. The van der Waals surface area contributed by atoms with Crippen LogP contribution in [0.1, 0.15) is 5.56 Å². The summed E-state index contributed by atoms with van der Waals surface area (Å²) in [5.74, 6) is 0. The molecule has 1 N–H and O–H groups in total.